The van der Waals surface area contributed by atoms with Gasteiger partial charge in [0.25, 0.3) is 5.91 Å². The van der Waals surface area contributed by atoms with E-state index in [1.54, 1.807) is 24.3 Å². The number of imide groups is 1. The van der Waals surface area contributed by atoms with Crippen LogP contribution >= 0.6 is 0 Å². The van der Waals surface area contributed by atoms with Gasteiger partial charge in [0.1, 0.15) is 0 Å². The molecule has 3 aromatic rings. The second-order valence-electron chi connectivity index (χ2n) is 10.9. The first-order chi connectivity index (χ1) is 18.8. The van der Waals surface area contributed by atoms with Crippen LogP contribution in [0.15, 0.2) is 72.8 Å². The Morgan fingerprint density at radius 1 is 0.872 bits per heavy atom. The summed E-state index contributed by atoms with van der Waals surface area (Å²) in [6.07, 6.45) is 1.82. The lowest BCUT2D eigenvalue weighted by molar-refractivity contribution is -0.123. The molecule has 3 aromatic carbocycles. The predicted octanol–water partition coefficient (Wildman–Crippen LogP) is 5.03. The molecular weight excluding hydrogens is 492 g/mol. The Kier molecular flexibility index (Phi) is 6.29. The number of carbonyl (C=O) groups is 4. The number of rotatable bonds is 6. The highest BCUT2D eigenvalue weighted by atomic mass is 16.5. The number of anilines is 2. The van der Waals surface area contributed by atoms with E-state index in [1.165, 1.54) is 16.5 Å². The summed E-state index contributed by atoms with van der Waals surface area (Å²) in [5, 5.41) is 2.72. The van der Waals surface area contributed by atoms with Crippen molar-refractivity contribution in [3.05, 3.63) is 95.1 Å². The van der Waals surface area contributed by atoms with Crippen molar-refractivity contribution < 1.29 is 23.9 Å². The van der Waals surface area contributed by atoms with Gasteiger partial charge in [-0.2, -0.15) is 0 Å². The van der Waals surface area contributed by atoms with Crippen molar-refractivity contribution in [2.75, 3.05) is 16.8 Å². The number of carbonyl (C=O) groups excluding carboxylic acids is 4. The molecule has 3 amide bonds. The Morgan fingerprint density at radius 2 is 1.64 bits per heavy atom. The van der Waals surface area contributed by atoms with Crippen LogP contribution in [0, 0.1) is 37.5 Å². The SMILES string of the molecule is Cc1ccc(NC(=O)COC(=O)c2cccc(N3C(=O)[C@@H]4[C@@H]5C[C@@H]([C@H]4C3=O)[C@H](c3ccccc3)C5)c2)cc1C. The molecule has 7 nitrogen and oxygen atoms in total. The quantitative estimate of drug-likeness (QED) is 0.362. The molecule has 1 saturated heterocycles. The van der Waals surface area contributed by atoms with Crippen molar-refractivity contribution in [1.82, 2.24) is 0 Å². The average molecular weight is 523 g/mol. The molecule has 2 saturated carbocycles. The maximum atomic E-state index is 13.6. The van der Waals surface area contributed by atoms with E-state index in [0.717, 1.165) is 24.0 Å². The summed E-state index contributed by atoms with van der Waals surface area (Å²) >= 11 is 0. The normalized spacial score (nSPS) is 25.1. The molecule has 0 aromatic heterocycles. The van der Waals surface area contributed by atoms with Gasteiger partial charge in [0.15, 0.2) is 6.61 Å². The van der Waals surface area contributed by atoms with Crippen LogP contribution in [-0.4, -0.2) is 30.3 Å². The van der Waals surface area contributed by atoms with E-state index in [4.69, 9.17) is 4.74 Å². The third kappa shape index (κ3) is 4.42. The second kappa shape index (κ2) is 9.80. The standard InChI is InChI=1S/C32H30N2O5/c1-18-11-12-23(13-19(18)2)33-27(35)17-39-32(38)21-9-6-10-24(14-21)34-30(36)28-22-15-25(20-7-4-3-5-8-20)26(16-22)29(28)31(34)37/h3-14,22,25-26,28-29H,15-17H2,1-2H3,(H,33,35)/t22-,25-,26+,28+,29+/m0/s1. The Hall–Kier alpha value is -4.26. The van der Waals surface area contributed by atoms with E-state index in [2.05, 4.69) is 17.4 Å². The lowest BCUT2D eigenvalue weighted by Gasteiger charge is -2.28. The Bertz CT molecular complexity index is 1480. The minimum absolute atomic E-state index is 0.146. The average Bonchev–Trinajstić information content (AvgIpc) is 3.61. The van der Waals surface area contributed by atoms with Crippen LogP contribution in [-0.2, 0) is 19.1 Å². The Morgan fingerprint density at radius 3 is 2.41 bits per heavy atom. The van der Waals surface area contributed by atoms with E-state index in [9.17, 15) is 19.2 Å². The van der Waals surface area contributed by atoms with Crippen molar-refractivity contribution in [1.29, 1.82) is 0 Å². The lowest BCUT2D eigenvalue weighted by Crippen LogP contribution is -2.33. The third-order valence-corrected chi connectivity index (χ3v) is 8.71. The van der Waals surface area contributed by atoms with Gasteiger partial charge in [0.05, 0.1) is 23.1 Å². The van der Waals surface area contributed by atoms with Crippen LogP contribution < -0.4 is 10.2 Å². The number of esters is 1. The van der Waals surface area contributed by atoms with Crippen molar-refractivity contribution >= 4 is 35.1 Å². The molecule has 0 unspecified atom stereocenters. The number of amides is 3. The molecule has 1 heterocycles. The molecule has 2 aliphatic carbocycles. The number of benzene rings is 3. The number of ether oxygens (including phenoxy) is 1. The zero-order valence-corrected chi connectivity index (χ0v) is 21.9. The van der Waals surface area contributed by atoms with E-state index < -0.39 is 18.5 Å². The number of nitrogens with one attached hydrogen (secondary N) is 1. The predicted molar refractivity (Wildman–Crippen MR) is 146 cm³/mol. The Balaban J connectivity index is 1.13. The van der Waals surface area contributed by atoms with Gasteiger partial charge in [-0.3, -0.25) is 19.3 Å². The van der Waals surface area contributed by atoms with Gasteiger partial charge >= 0.3 is 5.97 Å². The second-order valence-corrected chi connectivity index (χ2v) is 10.9. The molecule has 7 heteroatoms. The highest BCUT2D eigenvalue weighted by Crippen LogP contribution is 2.61. The summed E-state index contributed by atoms with van der Waals surface area (Å²) in [5.74, 6) is -1.52. The van der Waals surface area contributed by atoms with Gasteiger partial charge in [0, 0.05) is 5.69 Å². The number of hydrogen-bond donors (Lipinski definition) is 1. The van der Waals surface area contributed by atoms with E-state index in [1.807, 2.05) is 44.2 Å². The molecule has 0 spiro atoms. The number of fused-ring (bicyclic) bond motifs is 5. The monoisotopic (exact) mass is 522 g/mol. The lowest BCUT2D eigenvalue weighted by atomic mass is 9.73. The molecule has 1 aliphatic heterocycles. The van der Waals surface area contributed by atoms with Crippen LogP contribution in [0.25, 0.3) is 0 Å². The van der Waals surface area contributed by atoms with Crippen molar-refractivity contribution in [3.63, 3.8) is 0 Å². The summed E-state index contributed by atoms with van der Waals surface area (Å²) in [6.45, 7) is 3.48. The van der Waals surface area contributed by atoms with E-state index in [0.29, 0.717) is 11.4 Å². The summed E-state index contributed by atoms with van der Waals surface area (Å²) in [5.41, 5.74) is 4.55. The largest absolute Gasteiger partial charge is 0.452 e. The fourth-order valence-electron chi connectivity index (χ4n) is 6.80. The fraction of sp³-hybridized carbons (Fsp3) is 0.312. The maximum Gasteiger partial charge on any atom is 0.338 e. The summed E-state index contributed by atoms with van der Waals surface area (Å²) < 4.78 is 5.23. The fourth-order valence-corrected chi connectivity index (χ4v) is 6.80. The van der Waals surface area contributed by atoms with Crippen LogP contribution in [0.1, 0.15) is 45.8 Å². The minimum Gasteiger partial charge on any atom is -0.452 e. The molecular formula is C32H30N2O5. The molecule has 5 atom stereocenters. The highest BCUT2D eigenvalue weighted by molar-refractivity contribution is 6.23. The zero-order valence-electron chi connectivity index (χ0n) is 21.9. The van der Waals surface area contributed by atoms with Gasteiger partial charge < -0.3 is 10.1 Å². The smallest absolute Gasteiger partial charge is 0.338 e. The summed E-state index contributed by atoms with van der Waals surface area (Å²) in [4.78, 5) is 53.4. The minimum atomic E-state index is -0.699. The first kappa shape index (κ1) is 25.0. The molecule has 2 bridgehead atoms. The van der Waals surface area contributed by atoms with E-state index in [-0.39, 0.29) is 47.0 Å². The van der Waals surface area contributed by atoms with Crippen molar-refractivity contribution in [3.8, 4) is 0 Å². The van der Waals surface area contributed by atoms with Gasteiger partial charge in [-0.25, -0.2) is 4.79 Å². The van der Waals surface area contributed by atoms with Gasteiger partial charge in [0.2, 0.25) is 11.8 Å². The maximum absolute atomic E-state index is 13.6. The first-order valence-electron chi connectivity index (χ1n) is 13.4. The summed E-state index contributed by atoms with van der Waals surface area (Å²) in [7, 11) is 0. The van der Waals surface area contributed by atoms with Crippen LogP contribution in [0.4, 0.5) is 11.4 Å². The first-order valence-corrected chi connectivity index (χ1v) is 13.4. The Labute approximate surface area is 227 Å². The van der Waals surface area contributed by atoms with Gasteiger partial charge in [-0.05, 0) is 91.5 Å². The number of hydrogen-bond acceptors (Lipinski definition) is 5. The molecule has 3 fully saturated rings. The van der Waals surface area contributed by atoms with Gasteiger partial charge in [-0.15, -0.1) is 0 Å². The third-order valence-electron chi connectivity index (χ3n) is 8.71. The summed E-state index contributed by atoms with van der Waals surface area (Å²) in [6, 6.07) is 22.1. The van der Waals surface area contributed by atoms with Crippen LogP contribution in [0.5, 0.6) is 0 Å². The molecule has 3 aliphatic rings. The van der Waals surface area contributed by atoms with Gasteiger partial charge in [-0.1, -0.05) is 42.5 Å². The van der Waals surface area contributed by atoms with Crippen LogP contribution in [0.3, 0.4) is 0 Å². The molecule has 1 N–H and O–H groups in total. The highest BCUT2D eigenvalue weighted by Gasteiger charge is 2.64. The van der Waals surface area contributed by atoms with Crippen molar-refractivity contribution in [2.45, 2.75) is 32.6 Å². The number of nitrogens with zero attached hydrogens (tertiary/aromatic N) is 1. The topological polar surface area (TPSA) is 92.8 Å². The van der Waals surface area contributed by atoms with Crippen LogP contribution in [0.2, 0.25) is 0 Å². The zero-order chi connectivity index (χ0) is 27.3. The molecule has 0 radical (unpaired) electrons. The molecule has 6 rings (SSSR count). The van der Waals surface area contributed by atoms with Crippen molar-refractivity contribution in [2.24, 2.45) is 23.7 Å². The molecule has 39 heavy (non-hydrogen) atoms. The number of aryl methyl sites for hydroxylation is 2. The molecule has 198 valence electrons. The van der Waals surface area contributed by atoms with E-state index >= 15 is 0 Å².